The normalized spacial score (nSPS) is 13.3. The average Bonchev–Trinajstić information content (AvgIpc) is 2.51. The van der Waals surface area contributed by atoms with Gasteiger partial charge in [-0.1, -0.05) is 6.07 Å². The molecular formula is C11H13NO3. The van der Waals surface area contributed by atoms with Crippen LogP contribution in [0.15, 0.2) is 27.4 Å². The molecule has 15 heavy (non-hydrogen) atoms. The second-order valence-electron chi connectivity index (χ2n) is 3.52. The van der Waals surface area contributed by atoms with Crippen LogP contribution in [0.5, 0.6) is 0 Å². The van der Waals surface area contributed by atoms with Crippen molar-refractivity contribution >= 4 is 11.1 Å². The van der Waals surface area contributed by atoms with Crippen molar-refractivity contribution in [3.8, 4) is 0 Å². The summed E-state index contributed by atoms with van der Waals surface area (Å²) in [7, 11) is 0. The molecule has 0 radical (unpaired) electrons. The predicted octanol–water partition coefficient (Wildman–Crippen LogP) is 1.67. The zero-order valence-electron chi connectivity index (χ0n) is 8.73. The van der Waals surface area contributed by atoms with Crippen LogP contribution in [0.3, 0.4) is 0 Å². The fraction of sp³-hybridized carbons (Fsp3) is 0.364. The van der Waals surface area contributed by atoms with E-state index in [9.17, 15) is 9.90 Å². The van der Waals surface area contributed by atoms with E-state index in [4.69, 9.17) is 4.42 Å². The first kappa shape index (κ1) is 9.98. The molecular weight excluding hydrogens is 194 g/mol. The van der Waals surface area contributed by atoms with E-state index in [0.29, 0.717) is 12.1 Å². The Labute approximate surface area is 86.8 Å². The minimum atomic E-state index is -0.537. The molecule has 0 fully saturated rings. The van der Waals surface area contributed by atoms with Crippen molar-refractivity contribution < 1.29 is 9.52 Å². The Kier molecular flexibility index (Phi) is 2.36. The fourth-order valence-corrected chi connectivity index (χ4v) is 1.64. The molecule has 0 saturated heterocycles. The van der Waals surface area contributed by atoms with Crippen molar-refractivity contribution in [2.24, 2.45) is 0 Å². The molecule has 1 unspecified atom stereocenters. The summed E-state index contributed by atoms with van der Waals surface area (Å²) in [5, 5.41) is 9.44. The van der Waals surface area contributed by atoms with Gasteiger partial charge in [-0.3, -0.25) is 4.57 Å². The van der Waals surface area contributed by atoms with Gasteiger partial charge in [-0.25, -0.2) is 4.79 Å². The number of oxazole rings is 1. The molecule has 0 bridgehead atoms. The maximum absolute atomic E-state index is 11.4. The molecule has 0 aliphatic rings. The number of aliphatic hydroxyl groups excluding tert-OH is 1. The van der Waals surface area contributed by atoms with Crippen LogP contribution in [-0.2, 0) is 6.54 Å². The summed E-state index contributed by atoms with van der Waals surface area (Å²) in [6.07, 6.45) is -0.537. The van der Waals surface area contributed by atoms with E-state index in [-0.39, 0.29) is 5.76 Å². The maximum Gasteiger partial charge on any atom is 0.419 e. The number of aliphatic hydroxyl groups is 1. The number of hydrogen-bond acceptors (Lipinski definition) is 3. The van der Waals surface area contributed by atoms with Gasteiger partial charge >= 0.3 is 5.76 Å². The third-order valence-electron chi connectivity index (χ3n) is 2.49. The molecule has 4 heteroatoms. The molecule has 4 nitrogen and oxygen atoms in total. The molecule has 0 spiro atoms. The third-order valence-corrected chi connectivity index (χ3v) is 2.49. The zero-order chi connectivity index (χ0) is 11.0. The minimum Gasteiger partial charge on any atom is -0.408 e. The van der Waals surface area contributed by atoms with Gasteiger partial charge in [0, 0.05) is 6.54 Å². The molecule has 2 rings (SSSR count). The van der Waals surface area contributed by atoms with Crippen LogP contribution >= 0.6 is 0 Å². The van der Waals surface area contributed by atoms with E-state index in [0.717, 1.165) is 11.1 Å². The molecule has 0 saturated carbocycles. The molecule has 0 aliphatic carbocycles. The van der Waals surface area contributed by atoms with Gasteiger partial charge in [0.25, 0.3) is 0 Å². The first-order chi connectivity index (χ1) is 7.13. The molecule has 1 atom stereocenters. The molecule has 1 heterocycles. The number of nitrogens with zero attached hydrogens (tertiary/aromatic N) is 1. The topological polar surface area (TPSA) is 55.4 Å². The lowest BCUT2D eigenvalue weighted by atomic mass is 10.1. The quantitative estimate of drug-likeness (QED) is 0.814. The van der Waals surface area contributed by atoms with E-state index in [1.807, 2.05) is 6.92 Å². The Bertz CT molecular complexity index is 536. The zero-order valence-corrected chi connectivity index (χ0v) is 8.73. The third kappa shape index (κ3) is 1.57. The van der Waals surface area contributed by atoms with Gasteiger partial charge < -0.3 is 9.52 Å². The summed E-state index contributed by atoms with van der Waals surface area (Å²) in [6, 6.07) is 5.26. The average molecular weight is 207 g/mol. The predicted molar refractivity (Wildman–Crippen MR) is 56.8 cm³/mol. The molecule has 80 valence electrons. The van der Waals surface area contributed by atoms with Gasteiger partial charge in [-0.2, -0.15) is 0 Å². The lowest BCUT2D eigenvalue weighted by molar-refractivity contribution is 0.199. The van der Waals surface area contributed by atoms with Crippen molar-refractivity contribution in [3.05, 3.63) is 34.3 Å². The molecule has 2 aromatic rings. The van der Waals surface area contributed by atoms with Gasteiger partial charge in [0.15, 0.2) is 5.58 Å². The van der Waals surface area contributed by atoms with Crippen LogP contribution in [0.1, 0.15) is 25.5 Å². The Morgan fingerprint density at radius 3 is 2.87 bits per heavy atom. The summed E-state index contributed by atoms with van der Waals surface area (Å²) in [6.45, 7) is 4.14. The maximum atomic E-state index is 11.4. The highest BCUT2D eigenvalue weighted by molar-refractivity contribution is 5.73. The Morgan fingerprint density at radius 1 is 1.53 bits per heavy atom. The molecule has 1 aromatic carbocycles. The van der Waals surface area contributed by atoms with Crippen molar-refractivity contribution in [2.75, 3.05) is 0 Å². The number of hydrogen-bond donors (Lipinski definition) is 1. The van der Waals surface area contributed by atoms with Gasteiger partial charge in [0.2, 0.25) is 0 Å². The van der Waals surface area contributed by atoms with Crippen molar-refractivity contribution in [3.63, 3.8) is 0 Å². The molecule has 1 N–H and O–H groups in total. The van der Waals surface area contributed by atoms with E-state index in [1.54, 1.807) is 29.7 Å². The Morgan fingerprint density at radius 2 is 2.27 bits per heavy atom. The SMILES string of the molecule is CCn1c(=O)oc2ccc(C(C)O)cc21. The van der Waals surface area contributed by atoms with Crippen molar-refractivity contribution in [2.45, 2.75) is 26.5 Å². The highest BCUT2D eigenvalue weighted by Gasteiger charge is 2.09. The number of aryl methyl sites for hydroxylation is 1. The number of benzene rings is 1. The summed E-state index contributed by atoms with van der Waals surface area (Å²) in [5.41, 5.74) is 2.08. The van der Waals surface area contributed by atoms with Crippen LogP contribution < -0.4 is 5.76 Å². The minimum absolute atomic E-state index is 0.352. The van der Waals surface area contributed by atoms with Crippen LogP contribution in [0.4, 0.5) is 0 Å². The molecule has 0 aliphatic heterocycles. The van der Waals surface area contributed by atoms with Gasteiger partial charge in [0.1, 0.15) is 0 Å². The monoisotopic (exact) mass is 207 g/mol. The van der Waals surface area contributed by atoms with E-state index >= 15 is 0 Å². The lowest BCUT2D eigenvalue weighted by Gasteiger charge is -2.04. The number of rotatable bonds is 2. The van der Waals surface area contributed by atoms with Crippen LogP contribution in [0.2, 0.25) is 0 Å². The fourth-order valence-electron chi connectivity index (χ4n) is 1.64. The van der Waals surface area contributed by atoms with E-state index in [2.05, 4.69) is 0 Å². The van der Waals surface area contributed by atoms with E-state index < -0.39 is 6.10 Å². The van der Waals surface area contributed by atoms with E-state index in [1.165, 1.54) is 0 Å². The summed E-state index contributed by atoms with van der Waals surface area (Å²) in [4.78, 5) is 11.4. The number of fused-ring (bicyclic) bond motifs is 1. The largest absolute Gasteiger partial charge is 0.419 e. The van der Waals surface area contributed by atoms with Crippen molar-refractivity contribution in [1.82, 2.24) is 4.57 Å². The van der Waals surface area contributed by atoms with Crippen LogP contribution in [-0.4, -0.2) is 9.67 Å². The Balaban J connectivity index is 2.73. The Hall–Kier alpha value is -1.55. The smallest absolute Gasteiger partial charge is 0.408 e. The van der Waals surface area contributed by atoms with Crippen LogP contribution in [0, 0.1) is 0 Å². The van der Waals surface area contributed by atoms with Gasteiger partial charge in [-0.15, -0.1) is 0 Å². The second kappa shape index (κ2) is 3.55. The first-order valence-corrected chi connectivity index (χ1v) is 4.95. The number of aromatic nitrogens is 1. The van der Waals surface area contributed by atoms with Gasteiger partial charge in [-0.05, 0) is 31.5 Å². The standard InChI is InChI=1S/C11H13NO3/c1-3-12-9-6-8(7(2)13)4-5-10(9)15-11(12)14/h4-7,13H,3H2,1-2H3. The lowest BCUT2D eigenvalue weighted by Crippen LogP contribution is -2.12. The van der Waals surface area contributed by atoms with Crippen LogP contribution in [0.25, 0.3) is 11.1 Å². The van der Waals surface area contributed by atoms with Crippen molar-refractivity contribution in [1.29, 1.82) is 0 Å². The molecule has 1 aromatic heterocycles. The van der Waals surface area contributed by atoms with Gasteiger partial charge in [0.05, 0.1) is 11.6 Å². The second-order valence-corrected chi connectivity index (χ2v) is 3.52. The summed E-state index contributed by atoms with van der Waals surface area (Å²) >= 11 is 0. The highest BCUT2D eigenvalue weighted by atomic mass is 16.4. The first-order valence-electron chi connectivity index (χ1n) is 4.95. The summed E-state index contributed by atoms with van der Waals surface area (Å²) in [5.74, 6) is -0.352. The molecule has 0 amide bonds. The summed E-state index contributed by atoms with van der Waals surface area (Å²) < 4.78 is 6.59. The highest BCUT2D eigenvalue weighted by Crippen LogP contribution is 2.19.